The van der Waals surface area contributed by atoms with Crippen LogP contribution in [0.1, 0.15) is 13.3 Å². The number of hydrogen-bond acceptors (Lipinski definition) is 5. The highest BCUT2D eigenvalue weighted by molar-refractivity contribution is 7.91. The van der Waals surface area contributed by atoms with Gasteiger partial charge in [0.05, 0.1) is 23.4 Å². The van der Waals surface area contributed by atoms with E-state index in [2.05, 4.69) is 10.6 Å². The number of rotatable bonds is 7. The summed E-state index contributed by atoms with van der Waals surface area (Å²) >= 11 is 5.76. The molecule has 0 saturated carbocycles. The summed E-state index contributed by atoms with van der Waals surface area (Å²) in [7, 11) is -2.17. The predicted molar refractivity (Wildman–Crippen MR) is 104 cm³/mol. The van der Waals surface area contributed by atoms with Crippen LogP contribution in [-0.2, 0) is 19.4 Å². The van der Waals surface area contributed by atoms with Gasteiger partial charge in [-0.2, -0.15) is 0 Å². The average molecular weight is 411 g/mol. The first-order valence-corrected chi connectivity index (χ1v) is 9.98. The maximum atomic E-state index is 12.3. The fraction of sp³-hybridized carbons (Fsp3) is 0.222. The van der Waals surface area contributed by atoms with Crippen molar-refractivity contribution in [3.63, 3.8) is 0 Å². The quantitative estimate of drug-likeness (QED) is 0.730. The van der Waals surface area contributed by atoms with E-state index in [0.717, 1.165) is 0 Å². The van der Waals surface area contributed by atoms with Crippen molar-refractivity contribution < 1.29 is 22.7 Å². The van der Waals surface area contributed by atoms with Gasteiger partial charge in [-0.15, -0.1) is 0 Å². The maximum absolute atomic E-state index is 12.3. The van der Waals surface area contributed by atoms with Crippen molar-refractivity contribution in [3.05, 3.63) is 47.5 Å². The van der Waals surface area contributed by atoms with Crippen molar-refractivity contribution >= 4 is 44.6 Å². The highest BCUT2D eigenvalue weighted by Crippen LogP contribution is 2.28. The van der Waals surface area contributed by atoms with Crippen LogP contribution >= 0.6 is 11.6 Å². The van der Waals surface area contributed by atoms with Crippen molar-refractivity contribution in [2.75, 3.05) is 23.5 Å². The minimum absolute atomic E-state index is 0.102. The Morgan fingerprint density at radius 1 is 1.07 bits per heavy atom. The smallest absolute Gasteiger partial charge is 0.225 e. The average Bonchev–Trinajstić information content (AvgIpc) is 2.60. The van der Waals surface area contributed by atoms with Crippen molar-refractivity contribution in [2.24, 2.45) is 0 Å². The second kappa shape index (κ2) is 8.88. The normalized spacial score (nSPS) is 10.9. The van der Waals surface area contributed by atoms with Gasteiger partial charge in [0.25, 0.3) is 0 Å². The van der Waals surface area contributed by atoms with Crippen LogP contribution < -0.4 is 15.4 Å². The Labute approximate surface area is 162 Å². The Morgan fingerprint density at radius 3 is 2.33 bits per heavy atom. The van der Waals surface area contributed by atoms with Crippen LogP contribution in [0.4, 0.5) is 11.4 Å². The highest BCUT2D eigenvalue weighted by Gasteiger charge is 2.17. The molecule has 2 rings (SSSR count). The van der Waals surface area contributed by atoms with E-state index in [9.17, 15) is 18.0 Å². The molecule has 144 valence electrons. The molecule has 0 spiro atoms. The van der Waals surface area contributed by atoms with E-state index < -0.39 is 15.7 Å². The molecule has 27 heavy (non-hydrogen) atoms. The zero-order chi connectivity index (χ0) is 20.0. The molecule has 0 unspecified atom stereocenters. The van der Waals surface area contributed by atoms with E-state index in [0.29, 0.717) is 22.1 Å². The Balaban J connectivity index is 2.06. The van der Waals surface area contributed by atoms with Gasteiger partial charge in [0.1, 0.15) is 5.75 Å². The van der Waals surface area contributed by atoms with Crippen molar-refractivity contribution in [2.45, 2.75) is 18.2 Å². The Hall–Kier alpha value is -2.58. The summed E-state index contributed by atoms with van der Waals surface area (Å²) in [6.07, 6.45) is -0.238. The molecule has 0 aliphatic carbocycles. The standard InChI is InChI=1S/C18H19ClN2O5S/c1-12(22)20-14-5-8-17(26-2)16(11-14)21-18(23)9-10-27(24,25)15-6-3-13(19)4-7-15/h3-8,11H,9-10H2,1-2H3,(H,20,22)(H,21,23). The molecular weight excluding hydrogens is 392 g/mol. The molecule has 9 heteroatoms. The first-order valence-electron chi connectivity index (χ1n) is 7.95. The van der Waals surface area contributed by atoms with Gasteiger partial charge in [0.2, 0.25) is 11.8 Å². The summed E-state index contributed by atoms with van der Waals surface area (Å²) in [6, 6.07) is 10.5. The number of hydrogen-bond donors (Lipinski definition) is 2. The Morgan fingerprint density at radius 2 is 1.74 bits per heavy atom. The Bertz CT molecular complexity index is 943. The second-order valence-electron chi connectivity index (χ2n) is 5.67. The number of carbonyl (C=O) groups is 2. The van der Waals surface area contributed by atoms with E-state index in [1.165, 1.54) is 44.4 Å². The summed E-state index contributed by atoms with van der Waals surface area (Å²) in [5, 5.41) is 5.64. The molecule has 0 fully saturated rings. The van der Waals surface area contributed by atoms with E-state index in [1.54, 1.807) is 12.1 Å². The van der Waals surface area contributed by atoms with Gasteiger partial charge < -0.3 is 15.4 Å². The molecule has 0 saturated heterocycles. The molecular formula is C18H19ClN2O5S. The van der Waals surface area contributed by atoms with Gasteiger partial charge >= 0.3 is 0 Å². The minimum atomic E-state index is -3.61. The largest absolute Gasteiger partial charge is 0.495 e. The molecule has 0 aromatic heterocycles. The first-order chi connectivity index (χ1) is 12.7. The van der Waals surface area contributed by atoms with Crippen LogP contribution in [0.15, 0.2) is 47.4 Å². The van der Waals surface area contributed by atoms with Crippen molar-refractivity contribution in [1.29, 1.82) is 0 Å². The number of sulfone groups is 1. The molecule has 0 heterocycles. The summed E-state index contributed by atoms with van der Waals surface area (Å²) in [4.78, 5) is 23.5. The molecule has 0 atom stereocenters. The van der Waals surface area contributed by atoms with Gasteiger partial charge in [0.15, 0.2) is 9.84 Å². The number of amides is 2. The van der Waals surface area contributed by atoms with Gasteiger partial charge in [-0.25, -0.2) is 8.42 Å². The van der Waals surface area contributed by atoms with Gasteiger partial charge in [-0.1, -0.05) is 11.6 Å². The molecule has 2 aromatic carbocycles. The van der Waals surface area contributed by atoms with Crippen molar-refractivity contribution in [1.82, 2.24) is 0 Å². The fourth-order valence-corrected chi connectivity index (χ4v) is 3.65. The number of ether oxygens (including phenoxy) is 1. The maximum Gasteiger partial charge on any atom is 0.225 e. The fourth-order valence-electron chi connectivity index (χ4n) is 2.29. The molecule has 0 aliphatic rings. The summed E-state index contributed by atoms with van der Waals surface area (Å²) in [5.74, 6) is -0.718. The molecule has 2 amide bonds. The van der Waals surface area contributed by atoms with E-state index in [1.807, 2.05) is 0 Å². The third-order valence-corrected chi connectivity index (χ3v) is 5.55. The molecule has 0 bridgehead atoms. The minimum Gasteiger partial charge on any atom is -0.495 e. The van der Waals surface area contributed by atoms with Crippen LogP contribution in [-0.4, -0.2) is 33.1 Å². The summed E-state index contributed by atoms with van der Waals surface area (Å²) in [6.45, 7) is 1.37. The first kappa shape index (κ1) is 20.7. The lowest BCUT2D eigenvalue weighted by molar-refractivity contribution is -0.116. The van der Waals surface area contributed by atoms with E-state index >= 15 is 0 Å². The van der Waals surface area contributed by atoms with E-state index in [4.69, 9.17) is 16.3 Å². The third-order valence-electron chi connectivity index (χ3n) is 3.56. The Kier molecular flexibility index (Phi) is 6.81. The summed E-state index contributed by atoms with van der Waals surface area (Å²) < 4.78 is 29.8. The van der Waals surface area contributed by atoms with Crippen molar-refractivity contribution in [3.8, 4) is 5.75 Å². The van der Waals surface area contributed by atoms with Crippen LogP contribution in [0.3, 0.4) is 0 Å². The highest BCUT2D eigenvalue weighted by atomic mass is 35.5. The zero-order valence-electron chi connectivity index (χ0n) is 14.8. The molecule has 7 nitrogen and oxygen atoms in total. The molecule has 2 N–H and O–H groups in total. The lowest BCUT2D eigenvalue weighted by Crippen LogP contribution is -2.18. The molecule has 0 radical (unpaired) electrons. The summed E-state index contributed by atoms with van der Waals surface area (Å²) in [5.41, 5.74) is 0.810. The number of nitrogens with one attached hydrogen (secondary N) is 2. The number of halogens is 1. The van der Waals surface area contributed by atoms with Gasteiger partial charge in [0, 0.05) is 24.1 Å². The second-order valence-corrected chi connectivity index (χ2v) is 8.21. The number of methoxy groups -OCH3 is 1. The number of benzene rings is 2. The predicted octanol–water partition coefficient (Wildman–Crippen LogP) is 3.11. The van der Waals surface area contributed by atoms with Crippen LogP contribution in [0.25, 0.3) is 0 Å². The SMILES string of the molecule is COc1ccc(NC(C)=O)cc1NC(=O)CCS(=O)(=O)c1ccc(Cl)cc1. The van der Waals surface area contributed by atoms with E-state index in [-0.39, 0.29) is 23.0 Å². The van der Waals surface area contributed by atoms with Crippen LogP contribution in [0.2, 0.25) is 5.02 Å². The lowest BCUT2D eigenvalue weighted by Gasteiger charge is -2.12. The number of anilines is 2. The zero-order valence-corrected chi connectivity index (χ0v) is 16.4. The van der Waals surface area contributed by atoms with Gasteiger partial charge in [-0.05, 0) is 42.5 Å². The number of carbonyl (C=O) groups excluding carboxylic acids is 2. The van der Waals surface area contributed by atoms with Crippen LogP contribution in [0, 0.1) is 0 Å². The molecule has 2 aromatic rings. The monoisotopic (exact) mass is 410 g/mol. The lowest BCUT2D eigenvalue weighted by atomic mass is 10.2. The molecule has 0 aliphatic heterocycles. The van der Waals surface area contributed by atoms with Crippen LogP contribution in [0.5, 0.6) is 5.75 Å². The topological polar surface area (TPSA) is 102 Å². The van der Waals surface area contributed by atoms with Gasteiger partial charge in [-0.3, -0.25) is 9.59 Å². The third kappa shape index (κ3) is 5.97.